The maximum atomic E-state index is 10.9. The minimum atomic E-state index is -0.893. The fourth-order valence-corrected chi connectivity index (χ4v) is 2.59. The molecule has 0 spiro atoms. The SMILES string of the molecule is CCOC(CSc1ccc(C(=O)O)c(C)c1)OCC. The Morgan fingerprint density at radius 2 is 1.95 bits per heavy atom. The van der Waals surface area contributed by atoms with Gasteiger partial charge in [-0.1, -0.05) is 0 Å². The monoisotopic (exact) mass is 284 g/mol. The lowest BCUT2D eigenvalue weighted by Gasteiger charge is -2.16. The Balaban J connectivity index is 2.62. The van der Waals surface area contributed by atoms with Crippen molar-refractivity contribution >= 4 is 17.7 Å². The molecule has 0 atom stereocenters. The van der Waals surface area contributed by atoms with Crippen molar-refractivity contribution in [3.63, 3.8) is 0 Å². The van der Waals surface area contributed by atoms with Crippen LogP contribution in [0.2, 0.25) is 0 Å². The predicted molar refractivity (Wildman–Crippen MR) is 75.9 cm³/mol. The Morgan fingerprint density at radius 3 is 2.42 bits per heavy atom. The third-order valence-electron chi connectivity index (χ3n) is 2.52. The number of carboxylic acids is 1. The molecule has 4 nitrogen and oxygen atoms in total. The molecule has 0 aliphatic rings. The molecule has 1 rings (SSSR count). The lowest BCUT2D eigenvalue weighted by atomic mass is 10.1. The van der Waals surface area contributed by atoms with E-state index in [1.807, 2.05) is 26.0 Å². The molecule has 0 radical (unpaired) electrons. The number of thioether (sulfide) groups is 1. The lowest BCUT2D eigenvalue weighted by molar-refractivity contribution is -0.120. The molecule has 106 valence electrons. The first-order valence-corrected chi connectivity index (χ1v) is 7.27. The van der Waals surface area contributed by atoms with Gasteiger partial charge in [0.25, 0.3) is 0 Å². The van der Waals surface area contributed by atoms with Gasteiger partial charge < -0.3 is 14.6 Å². The van der Waals surface area contributed by atoms with Crippen LogP contribution in [0.3, 0.4) is 0 Å². The zero-order valence-corrected chi connectivity index (χ0v) is 12.3. The summed E-state index contributed by atoms with van der Waals surface area (Å²) in [7, 11) is 0. The van der Waals surface area contributed by atoms with E-state index in [4.69, 9.17) is 14.6 Å². The second-order valence-corrected chi connectivity index (χ2v) is 5.03. The number of aromatic carboxylic acids is 1. The molecule has 5 heteroatoms. The first kappa shape index (κ1) is 16.0. The molecule has 0 amide bonds. The Kier molecular flexibility index (Phi) is 6.91. The van der Waals surface area contributed by atoms with Gasteiger partial charge in [-0.15, -0.1) is 11.8 Å². The van der Waals surface area contributed by atoms with E-state index < -0.39 is 5.97 Å². The van der Waals surface area contributed by atoms with Gasteiger partial charge in [-0.05, 0) is 44.5 Å². The van der Waals surface area contributed by atoms with Gasteiger partial charge in [-0.2, -0.15) is 0 Å². The van der Waals surface area contributed by atoms with E-state index >= 15 is 0 Å². The third kappa shape index (κ3) is 5.22. The summed E-state index contributed by atoms with van der Waals surface area (Å²) in [6, 6.07) is 5.33. The molecule has 0 heterocycles. The van der Waals surface area contributed by atoms with Gasteiger partial charge in [0, 0.05) is 23.9 Å². The number of carbonyl (C=O) groups is 1. The first-order valence-electron chi connectivity index (χ1n) is 6.28. The summed E-state index contributed by atoms with van der Waals surface area (Å²) < 4.78 is 10.9. The normalized spacial score (nSPS) is 10.9. The topological polar surface area (TPSA) is 55.8 Å². The largest absolute Gasteiger partial charge is 0.478 e. The maximum absolute atomic E-state index is 10.9. The molecular formula is C14H20O4S. The molecular weight excluding hydrogens is 264 g/mol. The highest BCUT2D eigenvalue weighted by atomic mass is 32.2. The van der Waals surface area contributed by atoms with Crippen molar-refractivity contribution < 1.29 is 19.4 Å². The van der Waals surface area contributed by atoms with Crippen molar-refractivity contribution in [2.45, 2.75) is 32.0 Å². The van der Waals surface area contributed by atoms with Gasteiger partial charge in [-0.25, -0.2) is 4.79 Å². The molecule has 0 bridgehead atoms. The summed E-state index contributed by atoms with van der Waals surface area (Å²) in [5, 5.41) is 8.97. The molecule has 19 heavy (non-hydrogen) atoms. The van der Waals surface area contributed by atoms with E-state index in [0.717, 1.165) is 10.5 Å². The average molecular weight is 284 g/mol. The molecule has 0 saturated carbocycles. The summed E-state index contributed by atoms with van der Waals surface area (Å²) in [6.07, 6.45) is -0.223. The van der Waals surface area contributed by atoms with Crippen molar-refractivity contribution in [2.24, 2.45) is 0 Å². The molecule has 0 fully saturated rings. The second kappa shape index (κ2) is 8.19. The maximum Gasteiger partial charge on any atom is 0.335 e. The second-order valence-electron chi connectivity index (χ2n) is 3.93. The highest BCUT2D eigenvalue weighted by molar-refractivity contribution is 7.99. The standard InChI is InChI=1S/C14H20O4S/c1-4-17-13(18-5-2)9-19-11-6-7-12(14(15)16)10(3)8-11/h6-8,13H,4-5,9H2,1-3H3,(H,15,16). The van der Waals surface area contributed by atoms with Crippen molar-refractivity contribution in [1.82, 2.24) is 0 Å². The highest BCUT2D eigenvalue weighted by Crippen LogP contribution is 2.23. The molecule has 1 N–H and O–H groups in total. The van der Waals surface area contributed by atoms with Crippen LogP contribution in [0, 0.1) is 6.92 Å². The summed E-state index contributed by atoms with van der Waals surface area (Å²) in [6.45, 7) is 6.89. The van der Waals surface area contributed by atoms with Gasteiger partial charge in [0.05, 0.1) is 5.56 Å². The Morgan fingerprint density at radius 1 is 1.32 bits per heavy atom. The fourth-order valence-electron chi connectivity index (χ4n) is 1.65. The lowest BCUT2D eigenvalue weighted by Crippen LogP contribution is -2.19. The molecule has 1 aromatic carbocycles. The van der Waals surface area contributed by atoms with Gasteiger partial charge in [0.15, 0.2) is 6.29 Å². The Hall–Kier alpha value is -1.04. The minimum Gasteiger partial charge on any atom is -0.478 e. The number of carboxylic acid groups (broad SMARTS) is 1. The van der Waals surface area contributed by atoms with Crippen molar-refractivity contribution in [2.75, 3.05) is 19.0 Å². The summed E-state index contributed by atoms with van der Waals surface area (Å²) >= 11 is 1.60. The van der Waals surface area contributed by atoms with Gasteiger partial charge in [0.2, 0.25) is 0 Å². The number of ether oxygens (including phenoxy) is 2. The van der Waals surface area contributed by atoms with Crippen LogP contribution in [-0.2, 0) is 9.47 Å². The quantitative estimate of drug-likeness (QED) is 0.587. The highest BCUT2D eigenvalue weighted by Gasteiger charge is 2.11. The van der Waals surface area contributed by atoms with Crippen molar-refractivity contribution in [3.8, 4) is 0 Å². The smallest absolute Gasteiger partial charge is 0.335 e. The fraction of sp³-hybridized carbons (Fsp3) is 0.500. The predicted octanol–water partition coefficient (Wildman–Crippen LogP) is 3.18. The Bertz CT molecular complexity index is 414. The first-order chi connectivity index (χ1) is 9.08. The van der Waals surface area contributed by atoms with E-state index in [1.54, 1.807) is 24.8 Å². The summed E-state index contributed by atoms with van der Waals surface area (Å²) in [5.41, 5.74) is 1.11. The summed E-state index contributed by atoms with van der Waals surface area (Å²) in [5.74, 6) is -0.205. The van der Waals surface area contributed by atoms with Crippen LogP contribution < -0.4 is 0 Å². The molecule has 0 aliphatic carbocycles. The van der Waals surface area contributed by atoms with E-state index in [0.29, 0.717) is 24.5 Å². The van der Waals surface area contributed by atoms with Crippen molar-refractivity contribution in [1.29, 1.82) is 0 Å². The molecule has 0 aromatic heterocycles. The van der Waals surface area contributed by atoms with Crippen LogP contribution in [0.15, 0.2) is 23.1 Å². The number of rotatable bonds is 8. The van der Waals surface area contributed by atoms with Crippen LogP contribution in [0.25, 0.3) is 0 Å². The number of hydrogen-bond donors (Lipinski definition) is 1. The van der Waals surface area contributed by atoms with Gasteiger partial charge >= 0.3 is 5.97 Å². The molecule has 1 aromatic rings. The molecule has 0 aliphatic heterocycles. The van der Waals surface area contributed by atoms with Gasteiger partial charge in [0.1, 0.15) is 0 Å². The van der Waals surface area contributed by atoms with Crippen LogP contribution in [0.5, 0.6) is 0 Å². The zero-order chi connectivity index (χ0) is 14.3. The van der Waals surface area contributed by atoms with Crippen molar-refractivity contribution in [3.05, 3.63) is 29.3 Å². The summed E-state index contributed by atoms with van der Waals surface area (Å²) in [4.78, 5) is 11.9. The third-order valence-corrected chi connectivity index (χ3v) is 3.55. The van der Waals surface area contributed by atoms with Gasteiger partial charge in [-0.3, -0.25) is 0 Å². The number of hydrogen-bond acceptors (Lipinski definition) is 4. The zero-order valence-electron chi connectivity index (χ0n) is 11.5. The average Bonchev–Trinajstić information content (AvgIpc) is 2.36. The number of benzene rings is 1. The van der Waals surface area contributed by atoms with Crippen LogP contribution in [-0.4, -0.2) is 36.3 Å². The van der Waals surface area contributed by atoms with E-state index in [1.165, 1.54) is 0 Å². The van der Waals surface area contributed by atoms with Crippen LogP contribution in [0.4, 0.5) is 0 Å². The Labute approximate surface area is 118 Å². The van der Waals surface area contributed by atoms with Crippen LogP contribution >= 0.6 is 11.8 Å². The minimum absolute atomic E-state index is 0.223. The van der Waals surface area contributed by atoms with E-state index in [9.17, 15) is 4.79 Å². The number of aryl methyl sites for hydroxylation is 1. The van der Waals surface area contributed by atoms with Crippen LogP contribution in [0.1, 0.15) is 29.8 Å². The molecule has 0 unspecified atom stereocenters. The van der Waals surface area contributed by atoms with E-state index in [-0.39, 0.29) is 6.29 Å². The molecule has 0 saturated heterocycles. The van der Waals surface area contributed by atoms with E-state index in [2.05, 4.69) is 0 Å².